The van der Waals surface area contributed by atoms with E-state index in [1.807, 2.05) is 13.8 Å². The second-order valence-corrected chi connectivity index (χ2v) is 7.48. The minimum absolute atomic E-state index is 0.615. The Balaban J connectivity index is 3.26. The fourth-order valence-electron chi connectivity index (χ4n) is 3.24. The molecule has 0 fully saturated rings. The third kappa shape index (κ3) is 14.8. The molecule has 0 bridgehead atoms. The zero-order valence-corrected chi connectivity index (χ0v) is 16.7. The molecule has 0 aliphatic carbocycles. The van der Waals surface area contributed by atoms with Crippen LogP contribution in [0.1, 0.15) is 124 Å². The van der Waals surface area contributed by atoms with Crippen LogP contribution in [0.25, 0.3) is 0 Å². The minimum atomic E-state index is -0.736. The predicted molar refractivity (Wildman–Crippen MR) is 106 cm³/mol. The Kier molecular flexibility index (Phi) is 16.5. The zero-order chi connectivity index (χ0) is 18.0. The number of unbranched alkanes of at least 4 members (excludes halogenated alkanes) is 14. The van der Waals surface area contributed by atoms with Crippen LogP contribution in [0.2, 0.25) is 0 Å². The van der Waals surface area contributed by atoms with Gasteiger partial charge in [-0.2, -0.15) is 0 Å². The van der Waals surface area contributed by atoms with Crippen molar-refractivity contribution in [3.63, 3.8) is 0 Å². The maximum absolute atomic E-state index is 11.1. The molecule has 0 amide bonds. The number of carboxylic acid groups (broad SMARTS) is 1. The number of carboxylic acids is 1. The molecular formula is C22H42O2. The van der Waals surface area contributed by atoms with Gasteiger partial charge in [0, 0.05) is 5.57 Å². The molecule has 0 aromatic heterocycles. The topological polar surface area (TPSA) is 37.3 Å². The van der Waals surface area contributed by atoms with Gasteiger partial charge < -0.3 is 5.11 Å². The van der Waals surface area contributed by atoms with Crippen molar-refractivity contribution in [1.82, 2.24) is 0 Å². The zero-order valence-electron chi connectivity index (χ0n) is 16.7. The number of rotatable bonds is 17. The Labute approximate surface area is 151 Å². The molecule has 0 heterocycles. The molecule has 0 radical (unpaired) electrons. The molecule has 0 aliphatic heterocycles. The second kappa shape index (κ2) is 17.0. The lowest BCUT2D eigenvalue weighted by atomic mass is 10.0. The highest BCUT2D eigenvalue weighted by atomic mass is 16.4. The molecule has 0 atom stereocenters. The van der Waals surface area contributed by atoms with Crippen LogP contribution in [0, 0.1) is 0 Å². The highest BCUT2D eigenvalue weighted by Crippen LogP contribution is 2.16. The second-order valence-electron chi connectivity index (χ2n) is 7.48. The lowest BCUT2D eigenvalue weighted by Gasteiger charge is -2.05. The Morgan fingerprint density at radius 3 is 1.25 bits per heavy atom. The Hall–Kier alpha value is -0.790. The van der Waals surface area contributed by atoms with Crippen molar-refractivity contribution in [1.29, 1.82) is 0 Å². The Morgan fingerprint density at radius 2 is 0.958 bits per heavy atom. The van der Waals surface area contributed by atoms with E-state index in [9.17, 15) is 4.79 Å². The molecular weight excluding hydrogens is 296 g/mol. The summed E-state index contributed by atoms with van der Waals surface area (Å²) in [5.41, 5.74) is 1.57. The van der Waals surface area contributed by atoms with E-state index in [-0.39, 0.29) is 0 Å². The molecule has 0 aromatic rings. The van der Waals surface area contributed by atoms with Gasteiger partial charge in [0.2, 0.25) is 0 Å². The van der Waals surface area contributed by atoms with E-state index < -0.39 is 5.97 Å². The van der Waals surface area contributed by atoms with Gasteiger partial charge in [-0.25, -0.2) is 4.79 Å². The summed E-state index contributed by atoms with van der Waals surface area (Å²) in [6.07, 6.45) is 20.9. The van der Waals surface area contributed by atoms with Crippen molar-refractivity contribution in [3.05, 3.63) is 11.1 Å². The SMILES string of the molecule is CCCCCCCCCCCCCCCCCC(C(=O)O)=C(C)C. The summed E-state index contributed by atoms with van der Waals surface area (Å²) in [7, 11) is 0. The van der Waals surface area contributed by atoms with Crippen molar-refractivity contribution in [2.24, 2.45) is 0 Å². The largest absolute Gasteiger partial charge is 0.478 e. The van der Waals surface area contributed by atoms with Gasteiger partial charge in [-0.05, 0) is 26.7 Å². The summed E-state index contributed by atoms with van der Waals surface area (Å²) >= 11 is 0. The summed E-state index contributed by atoms with van der Waals surface area (Å²) in [6, 6.07) is 0. The highest BCUT2D eigenvalue weighted by Gasteiger charge is 2.08. The van der Waals surface area contributed by atoms with Gasteiger partial charge in [0.15, 0.2) is 0 Å². The molecule has 0 rings (SSSR count). The molecule has 0 saturated carbocycles. The normalized spacial score (nSPS) is 10.8. The van der Waals surface area contributed by atoms with Crippen LogP contribution in [-0.2, 0) is 4.79 Å². The van der Waals surface area contributed by atoms with Crippen molar-refractivity contribution in [2.45, 2.75) is 124 Å². The highest BCUT2D eigenvalue weighted by molar-refractivity contribution is 5.87. The lowest BCUT2D eigenvalue weighted by Crippen LogP contribution is -2.02. The average Bonchev–Trinajstić information content (AvgIpc) is 2.53. The van der Waals surface area contributed by atoms with E-state index >= 15 is 0 Å². The number of carbonyl (C=O) groups is 1. The third-order valence-corrected chi connectivity index (χ3v) is 4.89. The van der Waals surface area contributed by atoms with Crippen LogP contribution in [0.15, 0.2) is 11.1 Å². The average molecular weight is 339 g/mol. The summed E-state index contributed by atoms with van der Waals surface area (Å²) in [5.74, 6) is -0.736. The summed E-state index contributed by atoms with van der Waals surface area (Å²) in [4.78, 5) is 11.1. The van der Waals surface area contributed by atoms with Crippen LogP contribution in [0.3, 0.4) is 0 Å². The molecule has 0 aromatic carbocycles. The van der Waals surface area contributed by atoms with Crippen LogP contribution in [0.4, 0.5) is 0 Å². The minimum Gasteiger partial charge on any atom is -0.478 e. The smallest absolute Gasteiger partial charge is 0.331 e. The van der Waals surface area contributed by atoms with Crippen molar-refractivity contribution < 1.29 is 9.90 Å². The first-order chi connectivity index (χ1) is 11.6. The van der Waals surface area contributed by atoms with Gasteiger partial charge in [-0.3, -0.25) is 0 Å². The first-order valence-electron chi connectivity index (χ1n) is 10.5. The van der Waals surface area contributed by atoms with E-state index in [0.717, 1.165) is 18.4 Å². The van der Waals surface area contributed by atoms with Gasteiger partial charge in [0.05, 0.1) is 0 Å². The molecule has 1 N–H and O–H groups in total. The van der Waals surface area contributed by atoms with Crippen LogP contribution < -0.4 is 0 Å². The summed E-state index contributed by atoms with van der Waals surface area (Å²) in [5, 5.41) is 9.10. The lowest BCUT2D eigenvalue weighted by molar-refractivity contribution is -0.132. The molecule has 24 heavy (non-hydrogen) atoms. The maximum atomic E-state index is 11.1. The van der Waals surface area contributed by atoms with Gasteiger partial charge in [0.25, 0.3) is 0 Å². The van der Waals surface area contributed by atoms with E-state index in [4.69, 9.17) is 5.11 Å². The van der Waals surface area contributed by atoms with E-state index in [1.165, 1.54) is 89.9 Å². The van der Waals surface area contributed by atoms with Crippen LogP contribution >= 0.6 is 0 Å². The van der Waals surface area contributed by atoms with E-state index in [0.29, 0.717) is 5.57 Å². The third-order valence-electron chi connectivity index (χ3n) is 4.89. The monoisotopic (exact) mass is 338 g/mol. The van der Waals surface area contributed by atoms with Gasteiger partial charge in [0.1, 0.15) is 0 Å². The molecule has 0 spiro atoms. The van der Waals surface area contributed by atoms with E-state index in [2.05, 4.69) is 6.92 Å². The molecule has 142 valence electrons. The van der Waals surface area contributed by atoms with E-state index in [1.54, 1.807) is 0 Å². The molecule has 0 saturated heterocycles. The molecule has 2 heteroatoms. The number of hydrogen-bond donors (Lipinski definition) is 1. The number of hydrogen-bond acceptors (Lipinski definition) is 1. The van der Waals surface area contributed by atoms with Crippen molar-refractivity contribution in [2.75, 3.05) is 0 Å². The Morgan fingerprint density at radius 1 is 0.625 bits per heavy atom. The Bertz CT molecular complexity index is 327. The summed E-state index contributed by atoms with van der Waals surface area (Å²) in [6.45, 7) is 6.07. The first-order valence-corrected chi connectivity index (χ1v) is 10.5. The summed E-state index contributed by atoms with van der Waals surface area (Å²) < 4.78 is 0. The maximum Gasteiger partial charge on any atom is 0.331 e. The molecule has 0 aliphatic rings. The number of aliphatic carboxylic acids is 1. The fourth-order valence-corrected chi connectivity index (χ4v) is 3.24. The van der Waals surface area contributed by atoms with Gasteiger partial charge in [-0.15, -0.1) is 0 Å². The number of allylic oxidation sites excluding steroid dienone is 1. The molecule has 2 nitrogen and oxygen atoms in total. The van der Waals surface area contributed by atoms with Crippen molar-refractivity contribution in [3.8, 4) is 0 Å². The first kappa shape index (κ1) is 23.2. The van der Waals surface area contributed by atoms with Gasteiger partial charge in [-0.1, -0.05) is 102 Å². The van der Waals surface area contributed by atoms with Gasteiger partial charge >= 0.3 is 5.97 Å². The predicted octanol–water partition coefficient (Wildman–Crippen LogP) is 7.67. The quantitative estimate of drug-likeness (QED) is 0.218. The van der Waals surface area contributed by atoms with Crippen LogP contribution in [-0.4, -0.2) is 11.1 Å². The molecule has 0 unspecified atom stereocenters. The fraction of sp³-hybridized carbons (Fsp3) is 0.864. The standard InChI is InChI=1S/C22H42O2/c1-4-5-6-7-8-9-10-11-12-13-14-15-16-17-18-19-21(20(2)3)22(23)24/h4-19H2,1-3H3,(H,23,24). The van der Waals surface area contributed by atoms with Crippen LogP contribution in [0.5, 0.6) is 0 Å². The van der Waals surface area contributed by atoms with Crippen molar-refractivity contribution >= 4 is 5.97 Å².